The number of carbonyl (C=O) groups is 1. The first-order valence-electron chi connectivity index (χ1n) is 7.50. The van der Waals surface area contributed by atoms with Crippen molar-refractivity contribution in [2.45, 2.75) is 13.5 Å². The van der Waals surface area contributed by atoms with Crippen LogP contribution in [-0.2, 0) is 11.3 Å². The molecule has 1 amide bonds. The maximum Gasteiger partial charge on any atom is 0.260 e. The molecule has 1 heterocycles. The Bertz CT molecular complexity index is 845. The van der Waals surface area contributed by atoms with E-state index in [1.54, 1.807) is 29.4 Å². The normalized spacial score (nSPS) is 10.8. The van der Waals surface area contributed by atoms with Gasteiger partial charge in [-0.25, -0.2) is 4.98 Å². The number of halogens is 1. The summed E-state index contributed by atoms with van der Waals surface area (Å²) in [5.74, 6) is 0.408. The minimum Gasteiger partial charge on any atom is -0.482 e. The standard InChI is InChI=1S/C18H17ClN2O2S/c1-12-7-8-13(19)15(9-12)23-11-18(22)21(2)10-17-20-14-5-3-4-6-16(14)24-17/h3-9H,10-11H2,1-2H3. The van der Waals surface area contributed by atoms with Gasteiger partial charge in [0.15, 0.2) is 6.61 Å². The molecule has 0 saturated heterocycles. The molecular weight excluding hydrogens is 344 g/mol. The lowest BCUT2D eigenvalue weighted by Crippen LogP contribution is -2.30. The maximum absolute atomic E-state index is 12.3. The van der Waals surface area contributed by atoms with Crippen LogP contribution in [0.1, 0.15) is 10.6 Å². The zero-order valence-electron chi connectivity index (χ0n) is 13.5. The first-order valence-corrected chi connectivity index (χ1v) is 8.70. The predicted octanol–water partition coefficient (Wildman–Crippen LogP) is 4.30. The number of hydrogen-bond acceptors (Lipinski definition) is 4. The number of ether oxygens (including phenoxy) is 1. The van der Waals surface area contributed by atoms with E-state index in [4.69, 9.17) is 16.3 Å². The van der Waals surface area contributed by atoms with Crippen LogP contribution >= 0.6 is 22.9 Å². The van der Waals surface area contributed by atoms with Crippen molar-refractivity contribution < 1.29 is 9.53 Å². The molecule has 0 fully saturated rings. The van der Waals surface area contributed by atoms with E-state index in [1.807, 2.05) is 43.3 Å². The van der Waals surface area contributed by atoms with Gasteiger partial charge in [-0.1, -0.05) is 29.8 Å². The summed E-state index contributed by atoms with van der Waals surface area (Å²) in [4.78, 5) is 18.4. The van der Waals surface area contributed by atoms with E-state index < -0.39 is 0 Å². The molecule has 0 aliphatic heterocycles. The van der Waals surface area contributed by atoms with Gasteiger partial charge in [-0.05, 0) is 36.8 Å². The van der Waals surface area contributed by atoms with Crippen molar-refractivity contribution >= 4 is 39.1 Å². The van der Waals surface area contributed by atoms with Crippen LogP contribution in [0.25, 0.3) is 10.2 Å². The summed E-state index contributed by atoms with van der Waals surface area (Å²) in [7, 11) is 1.75. The molecule has 0 bridgehead atoms. The number of benzene rings is 2. The van der Waals surface area contributed by atoms with Crippen molar-refractivity contribution in [2.75, 3.05) is 13.7 Å². The van der Waals surface area contributed by atoms with Gasteiger partial charge in [0.05, 0.1) is 21.8 Å². The van der Waals surface area contributed by atoms with Crippen LogP contribution in [0.4, 0.5) is 0 Å². The number of amides is 1. The summed E-state index contributed by atoms with van der Waals surface area (Å²) in [5, 5.41) is 1.41. The Morgan fingerprint density at radius 3 is 2.88 bits per heavy atom. The van der Waals surface area contributed by atoms with Gasteiger partial charge in [-0.2, -0.15) is 0 Å². The van der Waals surface area contributed by atoms with Gasteiger partial charge in [0, 0.05) is 7.05 Å². The number of aromatic nitrogens is 1. The first kappa shape index (κ1) is 16.7. The lowest BCUT2D eigenvalue weighted by molar-refractivity contribution is -0.132. The van der Waals surface area contributed by atoms with Gasteiger partial charge >= 0.3 is 0 Å². The van der Waals surface area contributed by atoms with Gasteiger partial charge in [0.2, 0.25) is 0 Å². The molecule has 124 valence electrons. The Morgan fingerprint density at radius 1 is 1.29 bits per heavy atom. The average Bonchev–Trinajstić information content (AvgIpc) is 2.97. The Hall–Kier alpha value is -2.11. The van der Waals surface area contributed by atoms with Gasteiger partial charge in [0.25, 0.3) is 5.91 Å². The number of rotatable bonds is 5. The minimum absolute atomic E-state index is 0.0510. The smallest absolute Gasteiger partial charge is 0.260 e. The fraction of sp³-hybridized carbons (Fsp3) is 0.222. The van der Waals surface area contributed by atoms with E-state index in [-0.39, 0.29) is 12.5 Å². The van der Waals surface area contributed by atoms with E-state index in [2.05, 4.69) is 4.98 Å². The summed E-state index contributed by atoms with van der Waals surface area (Å²) in [6.07, 6.45) is 0. The highest BCUT2D eigenvalue weighted by Crippen LogP contribution is 2.25. The van der Waals surface area contributed by atoms with E-state index >= 15 is 0 Å². The number of para-hydroxylation sites is 1. The second kappa shape index (κ2) is 7.20. The number of nitrogens with zero attached hydrogens (tertiary/aromatic N) is 2. The number of fused-ring (bicyclic) bond motifs is 1. The van der Waals surface area contributed by atoms with Crippen molar-refractivity contribution in [1.82, 2.24) is 9.88 Å². The lowest BCUT2D eigenvalue weighted by Gasteiger charge is -2.16. The molecule has 0 N–H and O–H groups in total. The number of aryl methyl sites for hydroxylation is 1. The number of carbonyl (C=O) groups excluding carboxylic acids is 1. The van der Waals surface area contributed by atoms with Gasteiger partial charge in [0.1, 0.15) is 10.8 Å². The van der Waals surface area contributed by atoms with Crippen LogP contribution in [0.5, 0.6) is 5.75 Å². The van der Waals surface area contributed by atoms with Crippen molar-refractivity contribution in [3.05, 3.63) is 58.1 Å². The summed E-state index contributed by atoms with van der Waals surface area (Å²) in [6, 6.07) is 13.4. The van der Waals surface area contributed by atoms with Crippen molar-refractivity contribution in [3.63, 3.8) is 0 Å². The molecule has 24 heavy (non-hydrogen) atoms. The van der Waals surface area contributed by atoms with Crippen LogP contribution in [0.2, 0.25) is 5.02 Å². The molecule has 0 saturated carbocycles. The monoisotopic (exact) mass is 360 g/mol. The highest BCUT2D eigenvalue weighted by Gasteiger charge is 2.14. The molecule has 0 atom stereocenters. The SMILES string of the molecule is Cc1ccc(Cl)c(OCC(=O)N(C)Cc2nc3ccccc3s2)c1. The zero-order valence-corrected chi connectivity index (χ0v) is 15.0. The second-order valence-corrected chi connectivity index (χ2v) is 7.07. The largest absolute Gasteiger partial charge is 0.482 e. The summed E-state index contributed by atoms with van der Waals surface area (Å²) in [5.41, 5.74) is 1.99. The van der Waals surface area contributed by atoms with Gasteiger partial charge < -0.3 is 9.64 Å². The van der Waals surface area contributed by atoms with Gasteiger partial charge in [-0.15, -0.1) is 11.3 Å². The minimum atomic E-state index is -0.119. The summed E-state index contributed by atoms with van der Waals surface area (Å²) in [6.45, 7) is 2.36. The third kappa shape index (κ3) is 3.86. The number of hydrogen-bond donors (Lipinski definition) is 0. The van der Waals surface area contributed by atoms with Crippen molar-refractivity contribution in [3.8, 4) is 5.75 Å². The molecule has 0 radical (unpaired) electrons. The number of likely N-dealkylation sites (N-methyl/N-ethyl adjacent to an activating group) is 1. The molecule has 0 aliphatic carbocycles. The third-order valence-electron chi connectivity index (χ3n) is 3.57. The average molecular weight is 361 g/mol. The van der Waals surface area contributed by atoms with Crippen LogP contribution in [-0.4, -0.2) is 29.4 Å². The van der Waals surface area contributed by atoms with Crippen LogP contribution in [0.15, 0.2) is 42.5 Å². The molecule has 4 nitrogen and oxygen atoms in total. The predicted molar refractivity (Wildman–Crippen MR) is 97.8 cm³/mol. The zero-order chi connectivity index (χ0) is 17.1. The topological polar surface area (TPSA) is 42.4 Å². The Labute approximate surface area is 149 Å². The molecule has 1 aromatic heterocycles. The third-order valence-corrected chi connectivity index (χ3v) is 4.91. The van der Waals surface area contributed by atoms with E-state index in [1.165, 1.54) is 0 Å². The highest BCUT2D eigenvalue weighted by molar-refractivity contribution is 7.18. The first-order chi connectivity index (χ1) is 11.5. The van der Waals surface area contributed by atoms with E-state index in [0.717, 1.165) is 20.8 Å². The summed E-state index contributed by atoms with van der Waals surface area (Å²) < 4.78 is 6.68. The Balaban J connectivity index is 1.61. The summed E-state index contributed by atoms with van der Waals surface area (Å²) >= 11 is 7.67. The molecule has 3 aromatic rings. The quantitative estimate of drug-likeness (QED) is 0.681. The molecule has 2 aromatic carbocycles. The van der Waals surface area contributed by atoms with Crippen molar-refractivity contribution in [2.24, 2.45) is 0 Å². The molecule has 0 aliphatic rings. The lowest BCUT2D eigenvalue weighted by atomic mass is 10.2. The maximum atomic E-state index is 12.3. The number of thiazole rings is 1. The molecular formula is C18H17ClN2O2S. The van der Waals surface area contributed by atoms with E-state index in [0.29, 0.717) is 17.3 Å². The molecule has 6 heteroatoms. The molecule has 0 unspecified atom stereocenters. The Kier molecular flexibility index (Phi) is 5.02. The van der Waals surface area contributed by atoms with Crippen LogP contribution in [0.3, 0.4) is 0 Å². The fourth-order valence-electron chi connectivity index (χ4n) is 2.25. The molecule has 3 rings (SSSR count). The highest BCUT2D eigenvalue weighted by atomic mass is 35.5. The van der Waals surface area contributed by atoms with Crippen LogP contribution in [0, 0.1) is 6.92 Å². The Morgan fingerprint density at radius 2 is 2.08 bits per heavy atom. The van der Waals surface area contributed by atoms with Gasteiger partial charge in [-0.3, -0.25) is 4.79 Å². The van der Waals surface area contributed by atoms with Crippen LogP contribution < -0.4 is 4.74 Å². The molecule has 0 spiro atoms. The van der Waals surface area contributed by atoms with Crippen molar-refractivity contribution in [1.29, 1.82) is 0 Å². The second-order valence-electron chi connectivity index (χ2n) is 5.55. The van der Waals surface area contributed by atoms with E-state index in [9.17, 15) is 4.79 Å². The fourth-order valence-corrected chi connectivity index (χ4v) is 3.44.